The molecular formula is C36H45FN4O6. The molecule has 1 aliphatic rings. The molecule has 11 heteroatoms. The fourth-order valence-corrected chi connectivity index (χ4v) is 5.36. The van der Waals surface area contributed by atoms with Gasteiger partial charge in [0.05, 0.1) is 30.4 Å². The van der Waals surface area contributed by atoms with Gasteiger partial charge >= 0.3 is 6.03 Å². The number of benzene rings is 3. The minimum absolute atomic E-state index is 0.200. The number of urea groups is 1. The summed E-state index contributed by atoms with van der Waals surface area (Å²) in [5, 5.41) is 15.8. The first kappa shape index (κ1) is 35.4. The van der Waals surface area contributed by atoms with E-state index in [0.29, 0.717) is 29.3 Å². The first-order valence-corrected chi connectivity index (χ1v) is 16.0. The minimum Gasteiger partial charge on any atom is -0.490 e. The van der Waals surface area contributed by atoms with E-state index in [2.05, 4.69) is 10.6 Å². The van der Waals surface area contributed by atoms with Crippen LogP contribution in [0.5, 0.6) is 5.75 Å². The van der Waals surface area contributed by atoms with Crippen LogP contribution in [0.3, 0.4) is 0 Å². The van der Waals surface area contributed by atoms with Crippen LogP contribution in [0.1, 0.15) is 60.7 Å². The van der Waals surface area contributed by atoms with Gasteiger partial charge < -0.3 is 35.0 Å². The van der Waals surface area contributed by atoms with E-state index in [-0.39, 0.29) is 55.1 Å². The maximum Gasteiger partial charge on any atom is 0.321 e. The first-order chi connectivity index (χ1) is 22.5. The molecule has 0 saturated carbocycles. The van der Waals surface area contributed by atoms with Gasteiger partial charge in [0.25, 0.3) is 11.8 Å². The van der Waals surface area contributed by atoms with Crippen LogP contribution in [-0.2, 0) is 4.74 Å². The highest BCUT2D eigenvalue weighted by atomic mass is 19.1. The Balaban J connectivity index is 1.59. The van der Waals surface area contributed by atoms with Crippen molar-refractivity contribution in [1.82, 2.24) is 9.80 Å². The maximum atomic E-state index is 14.3. The minimum atomic E-state index is -0.550. The number of carbonyl (C=O) groups excluding carboxylic acids is 3. The third-order valence-electron chi connectivity index (χ3n) is 8.24. The van der Waals surface area contributed by atoms with E-state index in [1.807, 2.05) is 19.9 Å². The van der Waals surface area contributed by atoms with E-state index >= 15 is 0 Å². The van der Waals surface area contributed by atoms with Crippen LogP contribution < -0.4 is 15.4 Å². The summed E-state index contributed by atoms with van der Waals surface area (Å²) in [6.45, 7) is 6.28. The molecule has 1 aliphatic heterocycles. The molecule has 0 fully saturated rings. The van der Waals surface area contributed by atoms with E-state index in [1.165, 1.54) is 29.2 Å². The Bertz CT molecular complexity index is 1490. The zero-order valence-corrected chi connectivity index (χ0v) is 27.4. The second-order valence-corrected chi connectivity index (χ2v) is 12.1. The van der Waals surface area contributed by atoms with Gasteiger partial charge in [0, 0.05) is 49.6 Å². The van der Waals surface area contributed by atoms with Crippen molar-refractivity contribution < 1.29 is 33.4 Å². The van der Waals surface area contributed by atoms with Gasteiger partial charge in [-0.25, -0.2) is 9.18 Å². The summed E-state index contributed by atoms with van der Waals surface area (Å²) in [4.78, 5) is 43.3. The number of hydrogen-bond donors (Lipinski definition) is 3. The van der Waals surface area contributed by atoms with Crippen molar-refractivity contribution in [3.8, 4) is 5.75 Å². The highest BCUT2D eigenvalue weighted by Crippen LogP contribution is 2.29. The maximum absolute atomic E-state index is 14.3. The number of nitrogens with one attached hydrogen (secondary N) is 2. The molecule has 0 unspecified atom stereocenters. The molecule has 1 heterocycles. The Morgan fingerprint density at radius 2 is 1.72 bits per heavy atom. The summed E-state index contributed by atoms with van der Waals surface area (Å²) in [7, 11) is 1.65. The highest BCUT2D eigenvalue weighted by molar-refractivity contribution is 6.05. The Hall–Kier alpha value is -4.48. The number of aliphatic hydroxyl groups is 1. The molecule has 0 aliphatic carbocycles. The molecule has 10 nitrogen and oxygen atoms in total. The molecule has 3 aromatic carbocycles. The predicted octanol–water partition coefficient (Wildman–Crippen LogP) is 6.04. The molecule has 4 atom stereocenters. The van der Waals surface area contributed by atoms with Crippen molar-refractivity contribution in [2.45, 2.75) is 58.3 Å². The predicted molar refractivity (Wildman–Crippen MR) is 179 cm³/mol. The molecule has 3 aromatic rings. The molecule has 47 heavy (non-hydrogen) atoms. The number of hydrogen-bond acceptors (Lipinski definition) is 6. The first-order valence-electron chi connectivity index (χ1n) is 16.0. The third-order valence-corrected chi connectivity index (χ3v) is 8.24. The lowest BCUT2D eigenvalue weighted by Gasteiger charge is -2.35. The number of rotatable bonds is 7. The van der Waals surface area contributed by atoms with Gasteiger partial charge in [0.1, 0.15) is 11.6 Å². The number of nitrogens with zero attached hydrogens (tertiary/aromatic N) is 2. The molecule has 3 N–H and O–H groups in total. The zero-order valence-electron chi connectivity index (χ0n) is 27.4. The van der Waals surface area contributed by atoms with Crippen LogP contribution in [0.2, 0.25) is 0 Å². The SMILES string of the molecule is C[C@@H]1CN([C@H](C)CO)C(=O)c2cc(NC(=O)c3ccccc3)ccc2O[C@@H](C)CCCCO[C@H]1CN(C)C(=O)Nc1ccc(F)cc1. The van der Waals surface area contributed by atoms with Crippen LogP contribution in [0.4, 0.5) is 20.6 Å². The van der Waals surface area contributed by atoms with Crippen LogP contribution in [-0.4, -0.2) is 84.4 Å². The van der Waals surface area contributed by atoms with Crippen molar-refractivity contribution >= 4 is 29.2 Å². The van der Waals surface area contributed by atoms with Crippen molar-refractivity contribution in [2.24, 2.45) is 5.92 Å². The number of aliphatic hydroxyl groups excluding tert-OH is 1. The Morgan fingerprint density at radius 3 is 2.43 bits per heavy atom. The molecule has 0 aromatic heterocycles. The van der Waals surface area contributed by atoms with Crippen LogP contribution in [0.25, 0.3) is 0 Å². The lowest BCUT2D eigenvalue weighted by atomic mass is 10.0. The Morgan fingerprint density at radius 1 is 1.02 bits per heavy atom. The van der Waals surface area contributed by atoms with Crippen LogP contribution in [0.15, 0.2) is 72.8 Å². The van der Waals surface area contributed by atoms with E-state index in [9.17, 15) is 23.9 Å². The number of fused-ring (bicyclic) bond motifs is 1. The molecule has 0 bridgehead atoms. The largest absolute Gasteiger partial charge is 0.490 e. The van der Waals surface area contributed by atoms with Gasteiger partial charge in [-0.05, 0) is 87.7 Å². The number of carbonyl (C=O) groups is 3. The lowest BCUT2D eigenvalue weighted by molar-refractivity contribution is -0.0115. The molecule has 0 radical (unpaired) electrons. The number of halogens is 1. The van der Waals surface area contributed by atoms with E-state index in [4.69, 9.17) is 9.47 Å². The monoisotopic (exact) mass is 648 g/mol. The van der Waals surface area contributed by atoms with Gasteiger partial charge in [0.2, 0.25) is 0 Å². The molecule has 4 amide bonds. The lowest BCUT2D eigenvalue weighted by Crippen LogP contribution is -2.48. The van der Waals surface area contributed by atoms with Crippen molar-refractivity contribution in [2.75, 3.05) is 44.0 Å². The second kappa shape index (κ2) is 16.9. The fraction of sp³-hybridized carbons (Fsp3) is 0.417. The highest BCUT2D eigenvalue weighted by Gasteiger charge is 2.31. The summed E-state index contributed by atoms with van der Waals surface area (Å²) in [6.07, 6.45) is 1.68. The number of likely N-dealkylation sites (N-methyl/N-ethyl adjacent to an activating group) is 1. The summed E-state index contributed by atoms with van der Waals surface area (Å²) < 4.78 is 25.9. The summed E-state index contributed by atoms with van der Waals surface area (Å²) in [6, 6.07) is 18.4. The quantitative estimate of drug-likeness (QED) is 0.288. The normalized spacial score (nSPS) is 19.8. The van der Waals surface area contributed by atoms with E-state index in [1.54, 1.807) is 61.3 Å². The molecule has 252 valence electrons. The zero-order chi connectivity index (χ0) is 33.9. The van der Waals surface area contributed by atoms with Gasteiger partial charge in [-0.2, -0.15) is 0 Å². The van der Waals surface area contributed by atoms with Gasteiger partial charge in [-0.1, -0.05) is 25.1 Å². The summed E-state index contributed by atoms with van der Waals surface area (Å²) in [5.74, 6) is -0.929. The second-order valence-electron chi connectivity index (χ2n) is 12.1. The van der Waals surface area contributed by atoms with Crippen molar-refractivity contribution in [3.63, 3.8) is 0 Å². The fourth-order valence-electron chi connectivity index (χ4n) is 5.36. The molecule has 4 rings (SSSR count). The third kappa shape index (κ3) is 10.0. The van der Waals surface area contributed by atoms with E-state index in [0.717, 1.165) is 19.3 Å². The summed E-state index contributed by atoms with van der Waals surface area (Å²) >= 11 is 0. The van der Waals surface area contributed by atoms with Crippen LogP contribution >= 0.6 is 0 Å². The van der Waals surface area contributed by atoms with Gasteiger partial charge in [-0.3, -0.25) is 9.59 Å². The van der Waals surface area contributed by atoms with Crippen LogP contribution in [0, 0.1) is 11.7 Å². The summed E-state index contributed by atoms with van der Waals surface area (Å²) in [5.41, 5.74) is 1.64. The number of ether oxygens (including phenoxy) is 2. The molecule has 0 saturated heterocycles. The van der Waals surface area contributed by atoms with Crippen molar-refractivity contribution in [1.29, 1.82) is 0 Å². The van der Waals surface area contributed by atoms with E-state index < -0.39 is 18.0 Å². The van der Waals surface area contributed by atoms with Gasteiger partial charge in [-0.15, -0.1) is 0 Å². The number of amides is 4. The topological polar surface area (TPSA) is 120 Å². The average molecular weight is 649 g/mol. The average Bonchev–Trinajstić information content (AvgIpc) is 3.07. The molecular weight excluding hydrogens is 603 g/mol. The Labute approximate surface area is 275 Å². The standard InChI is InChI=1S/C36H45FN4O6/c1-24-21-41(25(2)23-42)35(44)31-20-30(38-34(43)27-11-6-5-7-12-27)17-18-32(31)47-26(3)10-8-9-19-46-33(24)22-40(4)36(45)39-29-15-13-28(37)14-16-29/h5-7,11-18,20,24-26,33,42H,8-10,19,21-23H2,1-4H3,(H,38,43)(H,39,45)/t24-,25-,26+,33+/m1/s1. The Kier molecular flexibility index (Phi) is 12.7. The van der Waals surface area contributed by atoms with Crippen molar-refractivity contribution in [3.05, 3.63) is 89.7 Å². The van der Waals surface area contributed by atoms with Gasteiger partial charge in [0.15, 0.2) is 0 Å². The molecule has 0 spiro atoms. The smallest absolute Gasteiger partial charge is 0.321 e. The number of anilines is 2.